The van der Waals surface area contributed by atoms with Crippen LogP contribution in [0.15, 0.2) is 30.9 Å². The molecule has 8 heteroatoms. The molecule has 0 aromatic carbocycles. The molecule has 3 heterocycles. The number of hydrogen-bond donors (Lipinski definition) is 3. The molecule has 0 radical (unpaired) electrons. The Balaban J connectivity index is 1.60. The highest BCUT2D eigenvalue weighted by atomic mass is 16.4. The summed E-state index contributed by atoms with van der Waals surface area (Å²) in [5.74, 6) is -1.65. The predicted molar refractivity (Wildman–Crippen MR) is 85.5 cm³/mol. The third-order valence-corrected chi connectivity index (χ3v) is 4.04. The first-order chi connectivity index (χ1) is 11.6. The summed E-state index contributed by atoms with van der Waals surface area (Å²) in [7, 11) is 0. The number of aromatic amines is 1. The second-order valence-electron chi connectivity index (χ2n) is 5.84. The van der Waals surface area contributed by atoms with Crippen molar-refractivity contribution in [1.82, 2.24) is 25.2 Å². The number of carboxylic acids is 1. The van der Waals surface area contributed by atoms with Crippen LogP contribution in [0.1, 0.15) is 39.4 Å². The number of hydrogen-bond acceptors (Lipinski definition) is 5. The Labute approximate surface area is 138 Å². The van der Waals surface area contributed by atoms with Gasteiger partial charge in [-0.2, -0.15) is 0 Å². The van der Waals surface area contributed by atoms with E-state index in [1.165, 1.54) is 6.33 Å². The summed E-state index contributed by atoms with van der Waals surface area (Å²) in [6.07, 6.45) is 6.63. The highest BCUT2D eigenvalue weighted by Gasteiger charge is 2.25. The van der Waals surface area contributed by atoms with Gasteiger partial charge < -0.3 is 15.4 Å². The first-order valence-corrected chi connectivity index (χ1v) is 7.82. The molecule has 1 aliphatic rings. The Bertz CT molecular complexity index is 716. The number of rotatable bonds is 5. The molecule has 24 heavy (non-hydrogen) atoms. The second kappa shape index (κ2) is 7.22. The van der Waals surface area contributed by atoms with Crippen molar-refractivity contribution in [1.29, 1.82) is 0 Å². The van der Waals surface area contributed by atoms with Crippen molar-refractivity contribution in [2.75, 3.05) is 13.1 Å². The van der Waals surface area contributed by atoms with Gasteiger partial charge >= 0.3 is 5.97 Å². The van der Waals surface area contributed by atoms with Crippen LogP contribution < -0.4 is 5.32 Å². The number of piperidine rings is 1. The highest BCUT2D eigenvalue weighted by Crippen LogP contribution is 2.14. The number of carboxylic acid groups (broad SMARTS) is 1. The van der Waals surface area contributed by atoms with Crippen molar-refractivity contribution in [2.24, 2.45) is 0 Å². The minimum Gasteiger partial charge on any atom is -0.477 e. The van der Waals surface area contributed by atoms with E-state index in [2.05, 4.69) is 25.2 Å². The van der Waals surface area contributed by atoms with Gasteiger partial charge in [0.15, 0.2) is 11.4 Å². The van der Waals surface area contributed by atoms with Gasteiger partial charge in [0.1, 0.15) is 0 Å². The van der Waals surface area contributed by atoms with Gasteiger partial charge in [-0.25, -0.2) is 9.78 Å². The molecule has 0 bridgehead atoms. The summed E-state index contributed by atoms with van der Waals surface area (Å²) in [5.41, 5.74) is 0.868. The van der Waals surface area contributed by atoms with E-state index >= 15 is 0 Å². The zero-order chi connectivity index (χ0) is 16.9. The average Bonchev–Trinajstić information content (AvgIpc) is 3.06. The Hall–Kier alpha value is -2.74. The normalized spacial score (nSPS) is 18.2. The topological polar surface area (TPSA) is 111 Å². The van der Waals surface area contributed by atoms with Crippen LogP contribution in [-0.4, -0.2) is 56.0 Å². The number of aromatic nitrogens is 3. The number of pyridine rings is 1. The number of nitrogens with zero attached hydrogens (tertiary/aromatic N) is 3. The van der Waals surface area contributed by atoms with Crippen LogP contribution in [0, 0.1) is 0 Å². The summed E-state index contributed by atoms with van der Waals surface area (Å²) in [4.78, 5) is 36.0. The number of carbonyl (C=O) groups excluding carboxylic acids is 1. The highest BCUT2D eigenvalue weighted by molar-refractivity contribution is 6.02. The van der Waals surface area contributed by atoms with Crippen molar-refractivity contribution >= 4 is 11.9 Å². The molecule has 0 unspecified atom stereocenters. The number of amides is 1. The molecular formula is C16H19N5O3. The van der Waals surface area contributed by atoms with Crippen LogP contribution in [0.4, 0.5) is 0 Å². The summed E-state index contributed by atoms with van der Waals surface area (Å²) in [6, 6.07) is 3.91. The van der Waals surface area contributed by atoms with Gasteiger partial charge in [-0.15, -0.1) is 0 Å². The fourth-order valence-corrected chi connectivity index (χ4v) is 2.95. The maximum atomic E-state index is 12.3. The summed E-state index contributed by atoms with van der Waals surface area (Å²) >= 11 is 0. The van der Waals surface area contributed by atoms with Crippen LogP contribution >= 0.6 is 0 Å². The van der Waals surface area contributed by atoms with Crippen LogP contribution in [0.5, 0.6) is 0 Å². The zero-order valence-electron chi connectivity index (χ0n) is 13.1. The standard InChI is InChI=1S/C16H19N5O3/c22-15(13-14(16(23)24)19-10-18-13)20-12-4-2-6-21(9-12)8-11-3-1-5-17-7-11/h1,3,5,7,10,12H,2,4,6,8-9H2,(H,18,19)(H,20,22)(H,23,24)/t12-/m0/s1. The molecule has 3 N–H and O–H groups in total. The van der Waals surface area contributed by atoms with Gasteiger partial charge in [-0.3, -0.25) is 14.7 Å². The number of imidazole rings is 1. The van der Waals surface area contributed by atoms with E-state index in [-0.39, 0.29) is 17.4 Å². The lowest BCUT2D eigenvalue weighted by molar-refractivity contribution is 0.0683. The maximum Gasteiger partial charge on any atom is 0.354 e. The lowest BCUT2D eigenvalue weighted by Crippen LogP contribution is -2.47. The molecule has 1 saturated heterocycles. The molecule has 0 aliphatic carbocycles. The largest absolute Gasteiger partial charge is 0.477 e. The van der Waals surface area contributed by atoms with E-state index in [1.54, 1.807) is 6.20 Å². The van der Waals surface area contributed by atoms with Crippen LogP contribution in [-0.2, 0) is 6.54 Å². The van der Waals surface area contributed by atoms with Crippen molar-refractivity contribution in [3.63, 3.8) is 0 Å². The van der Waals surface area contributed by atoms with E-state index in [4.69, 9.17) is 5.11 Å². The molecule has 1 atom stereocenters. The SMILES string of the molecule is O=C(N[C@H]1CCCN(Cc2cccnc2)C1)c1nc[nH]c1C(=O)O. The molecule has 0 spiro atoms. The summed E-state index contributed by atoms with van der Waals surface area (Å²) in [5, 5.41) is 11.9. The third kappa shape index (κ3) is 3.77. The van der Waals surface area contributed by atoms with Crippen LogP contribution in [0.2, 0.25) is 0 Å². The molecule has 1 fully saturated rings. The molecule has 126 valence electrons. The molecule has 3 rings (SSSR count). The second-order valence-corrected chi connectivity index (χ2v) is 5.84. The van der Waals surface area contributed by atoms with Gasteiger partial charge in [-0.1, -0.05) is 6.07 Å². The van der Waals surface area contributed by atoms with Crippen LogP contribution in [0.3, 0.4) is 0 Å². The van der Waals surface area contributed by atoms with Gasteiger partial charge in [0.25, 0.3) is 5.91 Å². The van der Waals surface area contributed by atoms with Gasteiger partial charge in [-0.05, 0) is 31.0 Å². The van der Waals surface area contributed by atoms with Crippen molar-refractivity contribution in [3.8, 4) is 0 Å². The Kier molecular flexibility index (Phi) is 4.85. The smallest absolute Gasteiger partial charge is 0.354 e. The summed E-state index contributed by atoms with van der Waals surface area (Å²) in [6.45, 7) is 2.46. The molecular weight excluding hydrogens is 310 g/mol. The van der Waals surface area contributed by atoms with Gasteiger partial charge in [0.2, 0.25) is 0 Å². The molecule has 1 aliphatic heterocycles. The van der Waals surface area contributed by atoms with E-state index in [0.717, 1.165) is 31.5 Å². The lowest BCUT2D eigenvalue weighted by atomic mass is 10.0. The number of nitrogens with one attached hydrogen (secondary N) is 2. The third-order valence-electron chi connectivity index (χ3n) is 4.04. The van der Waals surface area contributed by atoms with Crippen molar-refractivity contribution in [2.45, 2.75) is 25.4 Å². The number of likely N-dealkylation sites (tertiary alicyclic amines) is 1. The Morgan fingerprint density at radius 2 is 2.33 bits per heavy atom. The molecule has 8 nitrogen and oxygen atoms in total. The van der Waals surface area contributed by atoms with Crippen molar-refractivity contribution < 1.29 is 14.7 Å². The van der Waals surface area contributed by atoms with Crippen LogP contribution in [0.25, 0.3) is 0 Å². The van der Waals surface area contributed by atoms with E-state index < -0.39 is 11.9 Å². The summed E-state index contributed by atoms with van der Waals surface area (Å²) < 4.78 is 0. The average molecular weight is 329 g/mol. The molecule has 2 aromatic heterocycles. The monoisotopic (exact) mass is 329 g/mol. The number of aromatic carboxylic acids is 1. The molecule has 2 aromatic rings. The Morgan fingerprint density at radius 3 is 3.08 bits per heavy atom. The van der Waals surface area contributed by atoms with Gasteiger partial charge in [0, 0.05) is 31.5 Å². The predicted octanol–water partition coefficient (Wildman–Crippen LogP) is 0.897. The van der Waals surface area contributed by atoms with Crippen molar-refractivity contribution in [3.05, 3.63) is 47.8 Å². The maximum absolute atomic E-state index is 12.3. The van der Waals surface area contributed by atoms with E-state index in [0.29, 0.717) is 6.54 Å². The fraction of sp³-hybridized carbons (Fsp3) is 0.375. The molecule has 0 saturated carbocycles. The minimum atomic E-state index is -1.19. The van der Waals surface area contributed by atoms with E-state index in [9.17, 15) is 9.59 Å². The molecule has 1 amide bonds. The van der Waals surface area contributed by atoms with Gasteiger partial charge in [0.05, 0.1) is 6.33 Å². The first-order valence-electron chi connectivity index (χ1n) is 7.82. The lowest BCUT2D eigenvalue weighted by Gasteiger charge is -2.33. The fourth-order valence-electron chi connectivity index (χ4n) is 2.95. The number of carbonyl (C=O) groups is 2. The quantitative estimate of drug-likeness (QED) is 0.751. The van der Waals surface area contributed by atoms with E-state index in [1.807, 2.05) is 18.3 Å². The zero-order valence-corrected chi connectivity index (χ0v) is 13.1. The first kappa shape index (κ1) is 16.1. The Morgan fingerprint density at radius 1 is 1.46 bits per heavy atom. The minimum absolute atomic E-state index is 0.0266. The number of H-pyrrole nitrogens is 1.